The van der Waals surface area contributed by atoms with Gasteiger partial charge >= 0.3 is 0 Å². The van der Waals surface area contributed by atoms with Crippen LogP contribution in [-0.2, 0) is 13.5 Å². The summed E-state index contributed by atoms with van der Waals surface area (Å²) >= 11 is 3.39. The molecule has 84 valence electrons. The van der Waals surface area contributed by atoms with E-state index in [1.165, 1.54) is 6.33 Å². The predicted octanol–water partition coefficient (Wildman–Crippen LogP) is 2.28. The van der Waals surface area contributed by atoms with Crippen LogP contribution >= 0.6 is 15.9 Å². The highest BCUT2D eigenvalue weighted by atomic mass is 79.9. The van der Waals surface area contributed by atoms with E-state index in [-0.39, 0.29) is 0 Å². The maximum absolute atomic E-state index is 4.35. The second-order valence-corrected chi connectivity index (χ2v) is 4.22. The van der Waals surface area contributed by atoms with Gasteiger partial charge in [-0.2, -0.15) is 5.10 Å². The zero-order chi connectivity index (χ0) is 11.5. The molecule has 2 aromatic heterocycles. The fourth-order valence-electron chi connectivity index (χ4n) is 1.43. The number of aryl methyl sites for hydroxylation is 2. The molecule has 16 heavy (non-hydrogen) atoms. The van der Waals surface area contributed by atoms with Gasteiger partial charge in [0.05, 0.1) is 15.9 Å². The second kappa shape index (κ2) is 4.61. The van der Waals surface area contributed by atoms with Gasteiger partial charge in [0, 0.05) is 19.4 Å². The minimum absolute atomic E-state index is 0.748. The first kappa shape index (κ1) is 11.1. The largest absolute Gasteiger partial charge is 0.336 e. The lowest BCUT2D eigenvalue weighted by Crippen LogP contribution is -1.96. The minimum Gasteiger partial charge on any atom is -0.336 e. The molecule has 0 bridgehead atoms. The van der Waals surface area contributed by atoms with Crippen molar-refractivity contribution in [2.24, 2.45) is 7.05 Å². The summed E-state index contributed by atoms with van der Waals surface area (Å²) in [5.41, 5.74) is 2.00. The first-order valence-electron chi connectivity index (χ1n) is 4.95. The summed E-state index contributed by atoms with van der Waals surface area (Å²) in [6.45, 7) is 2.07. The van der Waals surface area contributed by atoms with Gasteiger partial charge in [0.15, 0.2) is 0 Å². The van der Waals surface area contributed by atoms with Crippen LogP contribution in [-0.4, -0.2) is 19.7 Å². The number of anilines is 2. The number of hydrogen-bond acceptors (Lipinski definition) is 4. The van der Waals surface area contributed by atoms with Crippen molar-refractivity contribution in [2.45, 2.75) is 13.3 Å². The predicted molar refractivity (Wildman–Crippen MR) is 65.6 cm³/mol. The van der Waals surface area contributed by atoms with Crippen LogP contribution in [0.15, 0.2) is 23.2 Å². The van der Waals surface area contributed by atoms with Gasteiger partial charge in [-0.05, 0) is 22.4 Å². The Labute approximate surface area is 102 Å². The summed E-state index contributed by atoms with van der Waals surface area (Å²) < 4.78 is 2.62. The van der Waals surface area contributed by atoms with Crippen LogP contribution in [0.1, 0.15) is 12.6 Å². The molecule has 5 nitrogen and oxygen atoms in total. The molecule has 0 aliphatic heterocycles. The smallest absolute Gasteiger partial charge is 0.148 e. The van der Waals surface area contributed by atoms with E-state index in [1.54, 1.807) is 10.9 Å². The normalized spacial score (nSPS) is 10.4. The van der Waals surface area contributed by atoms with Crippen molar-refractivity contribution in [1.82, 2.24) is 19.7 Å². The average molecular weight is 282 g/mol. The molecule has 2 rings (SSSR count). The maximum atomic E-state index is 4.35. The van der Waals surface area contributed by atoms with E-state index in [2.05, 4.69) is 43.2 Å². The summed E-state index contributed by atoms with van der Waals surface area (Å²) in [6, 6.07) is 0. The number of aromatic nitrogens is 4. The lowest BCUT2D eigenvalue weighted by molar-refractivity contribution is 0.746. The molecule has 0 aliphatic rings. The quantitative estimate of drug-likeness (QED) is 0.938. The van der Waals surface area contributed by atoms with Crippen LogP contribution in [0.4, 0.5) is 11.5 Å². The molecule has 6 heteroatoms. The Morgan fingerprint density at radius 1 is 1.50 bits per heavy atom. The van der Waals surface area contributed by atoms with E-state index in [4.69, 9.17) is 0 Å². The molecule has 0 saturated carbocycles. The van der Waals surface area contributed by atoms with Crippen LogP contribution in [0.2, 0.25) is 0 Å². The van der Waals surface area contributed by atoms with Gasteiger partial charge in [0.1, 0.15) is 12.1 Å². The maximum Gasteiger partial charge on any atom is 0.148 e. The second-order valence-electron chi connectivity index (χ2n) is 3.36. The molecule has 0 amide bonds. The van der Waals surface area contributed by atoms with Crippen LogP contribution in [0.5, 0.6) is 0 Å². The van der Waals surface area contributed by atoms with Crippen LogP contribution in [0, 0.1) is 0 Å². The topological polar surface area (TPSA) is 55.6 Å². The summed E-state index contributed by atoms with van der Waals surface area (Å²) in [5.74, 6) is 0.748. The van der Waals surface area contributed by atoms with Gasteiger partial charge in [-0.15, -0.1) is 0 Å². The van der Waals surface area contributed by atoms with E-state index in [0.717, 1.165) is 28.1 Å². The molecule has 0 radical (unpaired) electrons. The Morgan fingerprint density at radius 2 is 2.31 bits per heavy atom. The summed E-state index contributed by atoms with van der Waals surface area (Å²) in [5, 5.41) is 7.58. The monoisotopic (exact) mass is 281 g/mol. The molecule has 0 atom stereocenters. The highest BCUT2D eigenvalue weighted by molar-refractivity contribution is 9.10. The minimum atomic E-state index is 0.748. The Hall–Kier alpha value is -1.43. The fourth-order valence-corrected chi connectivity index (χ4v) is 1.75. The van der Waals surface area contributed by atoms with Crippen molar-refractivity contribution < 1.29 is 0 Å². The number of nitrogens with zero attached hydrogens (tertiary/aromatic N) is 4. The van der Waals surface area contributed by atoms with Gasteiger partial charge in [-0.1, -0.05) is 6.92 Å². The first-order chi connectivity index (χ1) is 7.70. The third-order valence-electron chi connectivity index (χ3n) is 2.16. The van der Waals surface area contributed by atoms with E-state index in [1.807, 2.05) is 13.2 Å². The van der Waals surface area contributed by atoms with Gasteiger partial charge in [-0.25, -0.2) is 9.97 Å². The molecular weight excluding hydrogens is 270 g/mol. The summed E-state index contributed by atoms with van der Waals surface area (Å²) in [7, 11) is 1.90. The third kappa shape index (κ3) is 2.21. The zero-order valence-corrected chi connectivity index (χ0v) is 10.7. The number of hydrogen-bond donors (Lipinski definition) is 1. The molecule has 0 aliphatic carbocycles. The van der Waals surface area contributed by atoms with E-state index >= 15 is 0 Å². The molecule has 0 fully saturated rings. The van der Waals surface area contributed by atoms with Crippen LogP contribution < -0.4 is 5.32 Å². The SMILES string of the molecule is CCc1nn(C)cc1Nc1ncncc1Br. The molecule has 0 saturated heterocycles. The molecule has 0 aromatic carbocycles. The van der Waals surface area contributed by atoms with Gasteiger partial charge in [0.25, 0.3) is 0 Å². The van der Waals surface area contributed by atoms with Crippen molar-refractivity contribution >= 4 is 27.4 Å². The molecule has 0 unspecified atom stereocenters. The Morgan fingerprint density at radius 3 is 3.00 bits per heavy atom. The van der Waals surface area contributed by atoms with E-state index in [9.17, 15) is 0 Å². The Balaban J connectivity index is 2.30. The molecular formula is C10H12BrN5. The van der Waals surface area contributed by atoms with Gasteiger partial charge < -0.3 is 5.32 Å². The van der Waals surface area contributed by atoms with E-state index < -0.39 is 0 Å². The van der Waals surface area contributed by atoms with Crippen molar-refractivity contribution in [3.63, 3.8) is 0 Å². The van der Waals surface area contributed by atoms with Crippen molar-refractivity contribution in [3.05, 3.63) is 28.9 Å². The summed E-state index contributed by atoms with van der Waals surface area (Å²) in [6.07, 6.45) is 6.03. The third-order valence-corrected chi connectivity index (χ3v) is 2.74. The van der Waals surface area contributed by atoms with E-state index in [0.29, 0.717) is 0 Å². The lowest BCUT2D eigenvalue weighted by Gasteiger charge is -2.05. The Kier molecular flexibility index (Phi) is 3.19. The van der Waals surface area contributed by atoms with Crippen molar-refractivity contribution in [1.29, 1.82) is 0 Å². The fraction of sp³-hybridized carbons (Fsp3) is 0.300. The molecule has 0 spiro atoms. The zero-order valence-electron chi connectivity index (χ0n) is 9.11. The van der Waals surface area contributed by atoms with Crippen molar-refractivity contribution in [2.75, 3.05) is 5.32 Å². The number of nitrogens with one attached hydrogen (secondary N) is 1. The molecule has 2 heterocycles. The summed E-state index contributed by atoms with van der Waals surface area (Å²) in [4.78, 5) is 8.07. The first-order valence-corrected chi connectivity index (χ1v) is 5.75. The standard InChI is InChI=1S/C10H12BrN5/c1-3-8-9(5-16(2)15-8)14-10-7(11)4-12-6-13-10/h4-6H,3H2,1-2H3,(H,12,13,14). The van der Waals surface area contributed by atoms with Crippen LogP contribution in [0.3, 0.4) is 0 Å². The number of rotatable bonds is 3. The Bertz CT molecular complexity index is 494. The molecule has 1 N–H and O–H groups in total. The molecule has 2 aromatic rings. The lowest BCUT2D eigenvalue weighted by atomic mass is 10.3. The highest BCUT2D eigenvalue weighted by Gasteiger charge is 2.08. The van der Waals surface area contributed by atoms with Crippen molar-refractivity contribution in [3.8, 4) is 0 Å². The number of halogens is 1. The average Bonchev–Trinajstić information content (AvgIpc) is 2.62. The van der Waals surface area contributed by atoms with Gasteiger partial charge in [0.2, 0.25) is 0 Å². The highest BCUT2D eigenvalue weighted by Crippen LogP contribution is 2.24. The van der Waals surface area contributed by atoms with Gasteiger partial charge in [-0.3, -0.25) is 4.68 Å². The van der Waals surface area contributed by atoms with Crippen LogP contribution in [0.25, 0.3) is 0 Å².